The lowest BCUT2D eigenvalue weighted by atomic mass is 9.87. The second kappa shape index (κ2) is 4.15. The normalized spacial score (nSPS) is 40.6. The van der Waals surface area contributed by atoms with Crippen LogP contribution < -0.4 is 0 Å². The molecule has 2 aliphatic rings. The highest BCUT2D eigenvalue weighted by Crippen LogP contribution is 2.45. The van der Waals surface area contributed by atoms with Crippen LogP contribution >= 0.6 is 0 Å². The first-order valence-electron chi connectivity index (χ1n) is 6.46. The van der Waals surface area contributed by atoms with Gasteiger partial charge in [-0.15, -0.1) is 0 Å². The van der Waals surface area contributed by atoms with Crippen LogP contribution in [-0.2, 0) is 0 Å². The van der Waals surface area contributed by atoms with Gasteiger partial charge in [-0.1, -0.05) is 37.6 Å². The van der Waals surface area contributed by atoms with Crippen molar-refractivity contribution in [1.29, 1.82) is 0 Å². The molecule has 0 aromatic heterocycles. The number of hydrogen-bond acceptors (Lipinski definition) is 0. The molecule has 0 aromatic rings. The van der Waals surface area contributed by atoms with Crippen LogP contribution in [0.5, 0.6) is 0 Å². The summed E-state index contributed by atoms with van der Waals surface area (Å²) in [6, 6.07) is 0. The Bertz CT molecular complexity index is 284. The van der Waals surface area contributed by atoms with E-state index in [1.807, 2.05) is 0 Å². The van der Waals surface area contributed by atoms with E-state index >= 15 is 0 Å². The van der Waals surface area contributed by atoms with Gasteiger partial charge in [0.1, 0.15) is 0 Å². The van der Waals surface area contributed by atoms with Gasteiger partial charge in [0.05, 0.1) is 0 Å². The average molecular weight is 204 g/mol. The van der Waals surface area contributed by atoms with E-state index < -0.39 is 0 Å². The van der Waals surface area contributed by atoms with Gasteiger partial charge in [0.25, 0.3) is 0 Å². The van der Waals surface area contributed by atoms with Crippen molar-refractivity contribution in [3.8, 4) is 0 Å². The maximum atomic E-state index is 4.14. The van der Waals surface area contributed by atoms with Crippen molar-refractivity contribution < 1.29 is 0 Å². The molecule has 0 unspecified atom stereocenters. The third-order valence-electron chi connectivity index (χ3n) is 4.55. The second-order valence-electron chi connectivity index (χ2n) is 5.76. The first-order chi connectivity index (χ1) is 7.09. The quantitative estimate of drug-likeness (QED) is 0.548. The lowest BCUT2D eigenvalue weighted by Gasteiger charge is -2.18. The lowest BCUT2D eigenvalue weighted by Crippen LogP contribution is -2.09. The molecule has 0 N–H and O–H groups in total. The molecule has 0 nitrogen and oxygen atoms in total. The molecule has 0 heteroatoms. The lowest BCUT2D eigenvalue weighted by molar-refractivity contribution is 0.384. The van der Waals surface area contributed by atoms with Crippen LogP contribution in [0.15, 0.2) is 23.8 Å². The molecule has 2 aliphatic carbocycles. The van der Waals surface area contributed by atoms with E-state index in [4.69, 9.17) is 0 Å². The third kappa shape index (κ3) is 2.04. The van der Waals surface area contributed by atoms with Crippen LogP contribution in [0.3, 0.4) is 0 Å². The SMILES string of the molecule is C=C(C)[C@@H]1C=C2[C@H](C)CC[C@H]2[C@H](C)CC1. The summed E-state index contributed by atoms with van der Waals surface area (Å²) >= 11 is 0. The molecule has 15 heavy (non-hydrogen) atoms. The molecular weight excluding hydrogens is 180 g/mol. The van der Waals surface area contributed by atoms with Crippen LogP contribution in [0.4, 0.5) is 0 Å². The Labute approximate surface area is 94.5 Å². The van der Waals surface area contributed by atoms with Gasteiger partial charge >= 0.3 is 0 Å². The summed E-state index contributed by atoms with van der Waals surface area (Å²) in [6.45, 7) is 11.2. The Hall–Kier alpha value is -0.520. The van der Waals surface area contributed by atoms with Gasteiger partial charge in [0.2, 0.25) is 0 Å². The van der Waals surface area contributed by atoms with E-state index in [0.29, 0.717) is 5.92 Å². The van der Waals surface area contributed by atoms with Gasteiger partial charge < -0.3 is 0 Å². The summed E-state index contributed by atoms with van der Waals surface area (Å²) < 4.78 is 0. The van der Waals surface area contributed by atoms with Crippen LogP contribution in [0.1, 0.15) is 46.5 Å². The van der Waals surface area contributed by atoms with E-state index in [1.54, 1.807) is 5.57 Å². The Balaban J connectivity index is 2.27. The topological polar surface area (TPSA) is 0 Å². The molecule has 0 spiro atoms. The fourth-order valence-electron chi connectivity index (χ4n) is 3.38. The first kappa shape index (κ1) is 11.0. The fraction of sp³-hybridized carbons (Fsp3) is 0.733. The number of fused-ring (bicyclic) bond motifs is 1. The Morgan fingerprint density at radius 1 is 1.20 bits per heavy atom. The Morgan fingerprint density at radius 3 is 2.60 bits per heavy atom. The highest BCUT2D eigenvalue weighted by atomic mass is 14.4. The molecule has 0 radical (unpaired) electrons. The van der Waals surface area contributed by atoms with E-state index in [0.717, 1.165) is 17.8 Å². The molecule has 4 atom stereocenters. The van der Waals surface area contributed by atoms with Crippen molar-refractivity contribution in [2.24, 2.45) is 23.7 Å². The third-order valence-corrected chi connectivity index (χ3v) is 4.55. The van der Waals surface area contributed by atoms with Crippen molar-refractivity contribution in [2.45, 2.75) is 46.5 Å². The summed E-state index contributed by atoms with van der Waals surface area (Å²) in [7, 11) is 0. The molecule has 1 saturated carbocycles. The zero-order valence-corrected chi connectivity index (χ0v) is 10.4. The largest absolute Gasteiger partial charge is 0.0995 e. The summed E-state index contributed by atoms with van der Waals surface area (Å²) in [5.41, 5.74) is 3.11. The molecular formula is C15H24. The minimum Gasteiger partial charge on any atom is -0.0995 e. The molecule has 0 amide bonds. The number of rotatable bonds is 1. The number of hydrogen-bond donors (Lipinski definition) is 0. The van der Waals surface area contributed by atoms with Gasteiger partial charge in [-0.05, 0) is 56.3 Å². The maximum absolute atomic E-state index is 4.14. The van der Waals surface area contributed by atoms with Crippen LogP contribution in [0, 0.1) is 23.7 Å². The van der Waals surface area contributed by atoms with Gasteiger partial charge in [-0.3, -0.25) is 0 Å². The fourth-order valence-corrected chi connectivity index (χ4v) is 3.38. The summed E-state index contributed by atoms with van der Waals surface area (Å²) in [5.74, 6) is 3.28. The predicted molar refractivity (Wildman–Crippen MR) is 66.7 cm³/mol. The molecule has 0 bridgehead atoms. The zero-order chi connectivity index (χ0) is 11.0. The molecule has 84 valence electrons. The van der Waals surface area contributed by atoms with E-state index in [2.05, 4.69) is 33.4 Å². The van der Waals surface area contributed by atoms with Crippen LogP contribution in [-0.4, -0.2) is 0 Å². The van der Waals surface area contributed by atoms with Crippen LogP contribution in [0.2, 0.25) is 0 Å². The van der Waals surface area contributed by atoms with Crippen molar-refractivity contribution in [3.63, 3.8) is 0 Å². The van der Waals surface area contributed by atoms with Gasteiger partial charge in [-0.2, -0.15) is 0 Å². The van der Waals surface area contributed by atoms with Crippen molar-refractivity contribution in [3.05, 3.63) is 23.8 Å². The van der Waals surface area contributed by atoms with Crippen molar-refractivity contribution >= 4 is 0 Å². The minimum absolute atomic E-state index is 0.660. The molecule has 2 rings (SSSR count). The Kier molecular flexibility index (Phi) is 3.04. The van der Waals surface area contributed by atoms with E-state index in [9.17, 15) is 0 Å². The smallest absolute Gasteiger partial charge is 0.00257 e. The van der Waals surface area contributed by atoms with E-state index in [-0.39, 0.29) is 0 Å². The summed E-state index contributed by atoms with van der Waals surface area (Å²) in [4.78, 5) is 0. The standard InChI is InChI=1S/C15H24/c1-10(2)13-7-5-11(3)14-8-6-12(4)15(14)9-13/h9,11-14H,1,5-8H2,2-4H3/t11-,12-,13+,14+/m1/s1. The van der Waals surface area contributed by atoms with Crippen LogP contribution in [0.25, 0.3) is 0 Å². The summed E-state index contributed by atoms with van der Waals surface area (Å²) in [6.07, 6.45) is 8.10. The first-order valence-corrected chi connectivity index (χ1v) is 6.46. The second-order valence-corrected chi connectivity index (χ2v) is 5.76. The van der Waals surface area contributed by atoms with Gasteiger partial charge in [0, 0.05) is 0 Å². The molecule has 0 aliphatic heterocycles. The molecule has 1 fully saturated rings. The maximum Gasteiger partial charge on any atom is -0.00257 e. The summed E-state index contributed by atoms with van der Waals surface area (Å²) in [5, 5.41) is 0. The van der Waals surface area contributed by atoms with Crippen molar-refractivity contribution in [1.82, 2.24) is 0 Å². The van der Waals surface area contributed by atoms with E-state index in [1.165, 1.54) is 31.3 Å². The highest BCUT2D eigenvalue weighted by Gasteiger charge is 2.33. The minimum atomic E-state index is 0.660. The monoisotopic (exact) mass is 204 g/mol. The predicted octanol–water partition coefficient (Wildman–Crippen LogP) is 4.58. The van der Waals surface area contributed by atoms with Gasteiger partial charge in [0.15, 0.2) is 0 Å². The molecule has 0 saturated heterocycles. The Morgan fingerprint density at radius 2 is 1.93 bits per heavy atom. The van der Waals surface area contributed by atoms with Crippen molar-refractivity contribution in [2.75, 3.05) is 0 Å². The number of allylic oxidation sites excluding steroid dienone is 3. The molecule has 0 heterocycles. The molecule has 0 aromatic carbocycles. The average Bonchev–Trinajstić information content (AvgIpc) is 2.43. The zero-order valence-electron chi connectivity index (χ0n) is 10.4. The highest BCUT2D eigenvalue weighted by molar-refractivity contribution is 5.22. The van der Waals surface area contributed by atoms with Gasteiger partial charge in [-0.25, -0.2) is 0 Å².